The number of aromatic hydroxyl groups is 1. The van der Waals surface area contributed by atoms with Crippen molar-refractivity contribution in [3.63, 3.8) is 0 Å². The summed E-state index contributed by atoms with van der Waals surface area (Å²) >= 11 is 22.9. The number of fused-ring (bicyclic) bond motifs is 3. The van der Waals surface area contributed by atoms with Crippen LogP contribution in [0.4, 0.5) is 18.9 Å². The van der Waals surface area contributed by atoms with Crippen LogP contribution in [0.5, 0.6) is 5.75 Å². The van der Waals surface area contributed by atoms with Gasteiger partial charge >= 0.3 is 5.20 Å². The standard InChI is InChI=1S/C26H21FN4O2S.C23H23FN2O3.C17H10ClFN2O.C9H12N2OS.Cl3OP/c27-19-9-7-18(8-10-19)17-31-22-5-2-1-4-20(22)24(21(16-28)25(31)32)29-11-13-30(14-12-29)26(33)23-6-3-15-34-23;24-16-12-10-15(11-13-16)14-26-19-9-5-4-8-18(19)21(27)20(23(26)29)22(28)25-17-6-2-1-3-7-17;18-16-13-3-1-2-4-15(13)21(17(22)14(16)9-20)10-11-5-7-12(19)8-6-11;12-9(8-2-1-7-13-8)11-5-3-10-4-6-11;1-5(2,3)4/h1-10,15H,11-14,17H2;4-5,8-13,17,27H,1-3,6-7,14H2,(H,25,28);1-8H,10H2;1-2,7,10H,3-6H2;. The molecule has 6 aromatic carbocycles. The molecule has 2 saturated heterocycles. The number of nitriles is 2. The van der Waals surface area contributed by atoms with E-state index in [0.717, 1.165) is 85.2 Å². The van der Waals surface area contributed by atoms with Gasteiger partial charge in [-0.1, -0.05) is 128 Å². The second-order valence-electron chi connectivity index (χ2n) is 23.9. The lowest BCUT2D eigenvalue weighted by Gasteiger charge is -2.37. The molecular weight excluding hydrogens is 1460 g/mol. The molecule has 14 rings (SSSR count). The van der Waals surface area contributed by atoms with E-state index in [0.29, 0.717) is 64.1 Å². The quantitative estimate of drug-likeness (QED) is 0.103. The summed E-state index contributed by atoms with van der Waals surface area (Å²) in [5.74, 6) is -1.69. The highest BCUT2D eigenvalue weighted by molar-refractivity contribution is 8.24. The zero-order valence-corrected chi connectivity index (χ0v) is 60.6. The number of aromatic nitrogens is 3. The normalized spacial score (nSPS) is 13.7. The fraction of sp³-hybridized carbons (Fsp3) is 0.227. The lowest BCUT2D eigenvalue weighted by molar-refractivity contribution is 0.0737. The molecule has 18 nitrogen and oxygen atoms in total. The third-order valence-electron chi connectivity index (χ3n) is 17.3. The van der Waals surface area contributed by atoms with E-state index in [1.807, 2.05) is 80.1 Å². The van der Waals surface area contributed by atoms with Crippen molar-refractivity contribution in [1.29, 1.82) is 10.5 Å². The van der Waals surface area contributed by atoms with Crippen molar-refractivity contribution >= 4 is 129 Å². The summed E-state index contributed by atoms with van der Waals surface area (Å²) in [6.07, 6.45) is 5.00. The minimum atomic E-state index is -3.22. The Bertz CT molecular complexity index is 5160. The molecule has 28 heteroatoms. The van der Waals surface area contributed by atoms with Gasteiger partial charge in [0.1, 0.15) is 52.0 Å². The van der Waals surface area contributed by atoms with E-state index in [-0.39, 0.29) is 88.0 Å². The number of hydrogen-bond donors (Lipinski definition) is 3. The Labute approximate surface area is 617 Å². The summed E-state index contributed by atoms with van der Waals surface area (Å²) in [5, 5.41) is 38.7. The van der Waals surface area contributed by atoms with Gasteiger partial charge in [0, 0.05) is 74.6 Å². The molecule has 103 heavy (non-hydrogen) atoms. The summed E-state index contributed by atoms with van der Waals surface area (Å²) in [4.78, 5) is 83.9. The first-order valence-corrected chi connectivity index (χ1v) is 39.1. The topological polar surface area (TPSA) is 236 Å². The van der Waals surface area contributed by atoms with Gasteiger partial charge in [-0.05, 0) is 147 Å². The molecule has 1 aliphatic carbocycles. The molecule has 0 spiro atoms. The predicted molar refractivity (Wildman–Crippen MR) is 402 cm³/mol. The number of pyridine rings is 3. The first kappa shape index (κ1) is 76.1. The molecule has 7 heterocycles. The van der Waals surface area contributed by atoms with Crippen molar-refractivity contribution in [2.24, 2.45) is 0 Å². The first-order chi connectivity index (χ1) is 49.6. The number of para-hydroxylation sites is 3. The molecule has 0 unspecified atom stereocenters. The lowest BCUT2D eigenvalue weighted by atomic mass is 9.95. The lowest BCUT2D eigenvalue weighted by Crippen LogP contribution is -2.49. The Morgan fingerprint density at radius 1 is 0.534 bits per heavy atom. The van der Waals surface area contributed by atoms with E-state index in [9.17, 15) is 62.1 Å². The monoisotopic (exact) mass is 1530 g/mol. The van der Waals surface area contributed by atoms with Gasteiger partial charge in [-0.3, -0.25) is 33.3 Å². The van der Waals surface area contributed by atoms with Gasteiger partial charge in [-0.2, -0.15) is 10.5 Å². The fourth-order valence-corrected chi connectivity index (χ4v) is 13.9. The number of halogens is 7. The van der Waals surface area contributed by atoms with Crippen LogP contribution < -0.4 is 32.2 Å². The number of anilines is 1. The number of piperazine rings is 2. The number of nitrogens with one attached hydrogen (secondary N) is 2. The van der Waals surface area contributed by atoms with E-state index in [1.165, 1.54) is 68.2 Å². The predicted octanol–water partition coefficient (Wildman–Crippen LogP) is 15.4. The second kappa shape index (κ2) is 35.6. The number of rotatable bonds is 11. The largest absolute Gasteiger partial charge is 0.506 e. The average molecular weight is 1530 g/mol. The average Bonchev–Trinajstić information content (AvgIpc) is 0.992. The van der Waals surface area contributed by atoms with Crippen LogP contribution in [-0.4, -0.2) is 105 Å². The van der Waals surface area contributed by atoms with Crippen LogP contribution in [0.25, 0.3) is 32.7 Å². The third kappa shape index (κ3) is 19.4. The molecular formula is C75H66Cl4F3N10O8PS2. The minimum Gasteiger partial charge on any atom is -0.506 e. The Hall–Kier alpha value is -9.52. The summed E-state index contributed by atoms with van der Waals surface area (Å²) in [7, 11) is 0. The zero-order valence-electron chi connectivity index (χ0n) is 55.0. The SMILES string of the molecule is N#Cc1c(Cl)c2ccccc2n(Cc2ccc(F)cc2)c1=O.N#Cc1c(N2CCN(C(=O)c3cccs3)CC2)c2ccccc2n(Cc2ccc(F)cc2)c1=O.O=C(NC1CCCCC1)c1c(O)c2ccccc2n(Cc2ccc(F)cc2)c1=O.O=C(c1cccs1)N1CCNCC1.O=P(Cl)(Cl)Cl. The van der Waals surface area contributed by atoms with Crippen molar-refractivity contribution in [3.8, 4) is 17.9 Å². The second-order valence-corrected chi connectivity index (χ2v) is 32.9. The smallest absolute Gasteiger partial charge is 0.339 e. The van der Waals surface area contributed by atoms with Crippen molar-refractivity contribution in [3.05, 3.63) is 277 Å². The highest BCUT2D eigenvalue weighted by atomic mass is 36.0. The van der Waals surface area contributed by atoms with E-state index in [1.54, 1.807) is 89.5 Å². The highest BCUT2D eigenvalue weighted by Gasteiger charge is 2.29. The summed E-state index contributed by atoms with van der Waals surface area (Å²) in [6, 6.07) is 50.8. The van der Waals surface area contributed by atoms with E-state index >= 15 is 0 Å². The van der Waals surface area contributed by atoms with Crippen LogP contribution in [0, 0.1) is 40.1 Å². The molecule has 5 aromatic heterocycles. The third-order valence-corrected chi connectivity index (χ3v) is 19.4. The zero-order chi connectivity index (χ0) is 73.3. The first-order valence-electron chi connectivity index (χ1n) is 32.6. The molecule has 11 aromatic rings. The van der Waals surface area contributed by atoms with Crippen LogP contribution in [0.1, 0.15) is 89.6 Å². The van der Waals surface area contributed by atoms with Crippen LogP contribution in [0.3, 0.4) is 0 Å². The summed E-state index contributed by atoms with van der Waals surface area (Å²) in [5.41, 5.74) is 3.12. The van der Waals surface area contributed by atoms with Crippen molar-refractivity contribution in [2.45, 2.75) is 57.8 Å². The highest BCUT2D eigenvalue weighted by Crippen LogP contribution is 2.61. The number of carbonyl (C=O) groups is 3. The number of hydrogen-bond acceptors (Lipinski definition) is 14. The molecule has 0 radical (unpaired) electrons. The molecule has 2 aliphatic heterocycles. The Balaban J connectivity index is 0.000000150. The van der Waals surface area contributed by atoms with Gasteiger partial charge in [0.15, 0.2) is 0 Å². The van der Waals surface area contributed by atoms with Gasteiger partial charge in [0.2, 0.25) is 0 Å². The van der Waals surface area contributed by atoms with Crippen LogP contribution in [0.15, 0.2) is 195 Å². The molecule has 3 aliphatic rings. The van der Waals surface area contributed by atoms with Crippen LogP contribution >= 0.6 is 73.2 Å². The maximum atomic E-state index is 13.5. The summed E-state index contributed by atoms with van der Waals surface area (Å²) < 4.78 is 53.6. The number of benzene rings is 6. The van der Waals surface area contributed by atoms with Gasteiger partial charge < -0.3 is 44.1 Å². The Morgan fingerprint density at radius 2 is 0.932 bits per heavy atom. The Kier molecular flexibility index (Phi) is 26.3. The number of nitrogens with zero attached hydrogens (tertiary/aromatic N) is 8. The molecule has 3 fully saturated rings. The van der Waals surface area contributed by atoms with Gasteiger partial charge in [-0.15, -0.1) is 22.7 Å². The van der Waals surface area contributed by atoms with Crippen molar-refractivity contribution < 1.29 is 37.2 Å². The molecule has 1 saturated carbocycles. The molecule has 530 valence electrons. The molecule has 0 atom stereocenters. The maximum absolute atomic E-state index is 13.5. The molecule has 0 bridgehead atoms. The van der Waals surface area contributed by atoms with Gasteiger partial charge in [-0.25, -0.2) is 13.2 Å². The Morgan fingerprint density at radius 3 is 1.38 bits per heavy atom. The maximum Gasteiger partial charge on any atom is 0.339 e. The van der Waals surface area contributed by atoms with Crippen LogP contribution in [-0.2, 0) is 24.2 Å². The van der Waals surface area contributed by atoms with Gasteiger partial charge in [0.25, 0.3) is 34.4 Å². The number of carbonyl (C=O) groups excluding carboxylic acids is 3. The van der Waals surface area contributed by atoms with E-state index in [4.69, 9.17) is 11.6 Å². The number of amides is 3. The van der Waals surface area contributed by atoms with Crippen molar-refractivity contribution in [2.75, 3.05) is 57.3 Å². The van der Waals surface area contributed by atoms with E-state index < -0.39 is 22.2 Å². The van der Waals surface area contributed by atoms with Crippen molar-refractivity contribution in [1.82, 2.24) is 34.1 Å². The minimum absolute atomic E-state index is 0.00901. The van der Waals surface area contributed by atoms with Gasteiger partial charge in [0.05, 0.1) is 56.6 Å². The van der Waals surface area contributed by atoms with E-state index in [2.05, 4.69) is 50.4 Å². The molecule has 3 amide bonds. The summed E-state index contributed by atoms with van der Waals surface area (Å²) in [6.45, 7) is 6.20. The van der Waals surface area contributed by atoms with Crippen LogP contribution in [0.2, 0.25) is 5.02 Å². The fourth-order valence-electron chi connectivity index (χ4n) is 12.3. The molecule has 3 N–H and O–H groups in total. The number of thiophene rings is 2.